The van der Waals surface area contributed by atoms with Crippen LogP contribution in [0.1, 0.15) is 31.8 Å². The molecule has 0 fully saturated rings. The average molecular weight is 476 g/mol. The lowest BCUT2D eigenvalue weighted by molar-refractivity contribution is 0.0945. The van der Waals surface area contributed by atoms with Crippen molar-refractivity contribution in [2.75, 3.05) is 0 Å². The smallest absolute Gasteiger partial charge is 0.271 e. The van der Waals surface area contributed by atoms with Crippen LogP contribution in [0, 0.1) is 5.82 Å². The van der Waals surface area contributed by atoms with Gasteiger partial charge in [0.05, 0.1) is 11.2 Å². The van der Waals surface area contributed by atoms with Crippen LogP contribution in [0.15, 0.2) is 84.0 Å². The molecular weight excluding hydrogens is 457 g/mol. The van der Waals surface area contributed by atoms with Crippen molar-refractivity contribution in [1.82, 2.24) is 10.7 Å². The van der Waals surface area contributed by atoms with E-state index in [2.05, 4.69) is 15.8 Å². The zero-order valence-corrected chi connectivity index (χ0v) is 18.5. The summed E-state index contributed by atoms with van der Waals surface area (Å²) >= 11 is 5.84. The van der Waals surface area contributed by atoms with Gasteiger partial charge < -0.3 is 10.4 Å². The molecule has 8 heteroatoms. The highest BCUT2D eigenvalue weighted by Crippen LogP contribution is 2.24. The minimum Gasteiger partial charge on any atom is -0.506 e. The molecule has 2 amide bonds. The molecule has 4 aromatic carbocycles. The predicted molar refractivity (Wildman–Crippen MR) is 130 cm³/mol. The molecule has 0 saturated heterocycles. The normalized spacial score (nSPS) is 11.0. The molecule has 0 bridgehead atoms. The fourth-order valence-corrected chi connectivity index (χ4v) is 3.60. The summed E-state index contributed by atoms with van der Waals surface area (Å²) in [5.74, 6) is -1.32. The van der Waals surface area contributed by atoms with Crippen LogP contribution in [0.5, 0.6) is 5.75 Å². The highest BCUT2D eigenvalue weighted by atomic mass is 35.5. The second-order valence-corrected chi connectivity index (χ2v) is 7.79. The van der Waals surface area contributed by atoms with E-state index < -0.39 is 5.91 Å². The zero-order valence-electron chi connectivity index (χ0n) is 17.8. The van der Waals surface area contributed by atoms with Crippen molar-refractivity contribution in [2.45, 2.75) is 6.54 Å². The number of hydrogen-bond donors (Lipinski definition) is 3. The Labute approximate surface area is 199 Å². The highest BCUT2D eigenvalue weighted by molar-refractivity contribution is 6.32. The summed E-state index contributed by atoms with van der Waals surface area (Å²) in [6, 6.07) is 21.0. The number of benzene rings is 4. The van der Waals surface area contributed by atoms with Gasteiger partial charge in [0, 0.05) is 28.8 Å². The molecule has 0 aliphatic carbocycles. The summed E-state index contributed by atoms with van der Waals surface area (Å²) in [4.78, 5) is 25.1. The van der Waals surface area contributed by atoms with Crippen LogP contribution in [0.3, 0.4) is 0 Å². The Bertz CT molecular complexity index is 1420. The van der Waals surface area contributed by atoms with E-state index >= 15 is 0 Å². The van der Waals surface area contributed by atoms with Crippen LogP contribution >= 0.6 is 11.6 Å². The van der Waals surface area contributed by atoms with E-state index in [1.165, 1.54) is 30.5 Å². The largest absolute Gasteiger partial charge is 0.506 e. The number of aromatic hydroxyl groups is 1. The first kappa shape index (κ1) is 22.9. The molecule has 4 rings (SSSR count). The number of carbonyl (C=O) groups is 2. The Balaban J connectivity index is 1.52. The number of halogens is 2. The van der Waals surface area contributed by atoms with Gasteiger partial charge in [-0.3, -0.25) is 9.59 Å². The van der Waals surface area contributed by atoms with Crippen molar-refractivity contribution in [3.63, 3.8) is 0 Å². The average Bonchev–Trinajstić information content (AvgIpc) is 2.85. The predicted octanol–water partition coefficient (Wildman–Crippen LogP) is 5.03. The molecule has 0 aromatic heterocycles. The number of amides is 2. The van der Waals surface area contributed by atoms with Gasteiger partial charge in [-0.15, -0.1) is 0 Å². The SMILES string of the molecule is O=C(NN=Cc1ccc(C(=O)NCc2ccccc2F)c2ccccc12)c1ccc(O)c(Cl)c1. The van der Waals surface area contributed by atoms with Crippen molar-refractivity contribution in [2.24, 2.45) is 5.10 Å². The number of hydrazone groups is 1. The van der Waals surface area contributed by atoms with Gasteiger partial charge in [-0.25, -0.2) is 9.82 Å². The number of rotatable bonds is 6. The third kappa shape index (κ3) is 5.05. The number of hydrogen-bond acceptors (Lipinski definition) is 4. The van der Waals surface area contributed by atoms with Crippen LogP contribution in [0.4, 0.5) is 4.39 Å². The van der Waals surface area contributed by atoms with Crippen LogP contribution < -0.4 is 10.7 Å². The summed E-state index contributed by atoms with van der Waals surface area (Å²) in [7, 11) is 0. The van der Waals surface area contributed by atoms with E-state index in [-0.39, 0.29) is 34.6 Å². The number of carbonyl (C=O) groups excluding carboxylic acids is 2. The molecule has 3 N–H and O–H groups in total. The molecule has 0 saturated carbocycles. The lowest BCUT2D eigenvalue weighted by atomic mass is 9.99. The van der Waals surface area contributed by atoms with Crippen LogP contribution in [-0.2, 0) is 6.54 Å². The van der Waals surface area contributed by atoms with Gasteiger partial charge in [-0.1, -0.05) is 60.1 Å². The summed E-state index contributed by atoms with van der Waals surface area (Å²) in [6.07, 6.45) is 1.48. The van der Waals surface area contributed by atoms with Gasteiger partial charge in [-0.05, 0) is 41.1 Å². The third-order valence-corrected chi connectivity index (χ3v) is 5.48. The second kappa shape index (κ2) is 10.1. The lowest BCUT2D eigenvalue weighted by Crippen LogP contribution is -2.23. The molecule has 34 heavy (non-hydrogen) atoms. The van der Waals surface area contributed by atoms with E-state index in [1.807, 2.05) is 24.3 Å². The summed E-state index contributed by atoms with van der Waals surface area (Å²) in [5, 5.41) is 17.7. The molecule has 0 atom stereocenters. The fraction of sp³-hybridized carbons (Fsp3) is 0.0385. The molecule has 4 aromatic rings. The monoisotopic (exact) mass is 475 g/mol. The first-order chi connectivity index (χ1) is 16.4. The minimum absolute atomic E-state index is 0.0616. The molecule has 170 valence electrons. The Hall–Kier alpha value is -4.23. The summed E-state index contributed by atoms with van der Waals surface area (Å²) < 4.78 is 13.9. The summed E-state index contributed by atoms with van der Waals surface area (Å²) in [5.41, 5.74) is 4.18. The Morgan fingerprint density at radius 1 is 0.941 bits per heavy atom. The topological polar surface area (TPSA) is 90.8 Å². The second-order valence-electron chi connectivity index (χ2n) is 7.39. The minimum atomic E-state index is -0.494. The molecule has 0 spiro atoms. The number of phenolic OH excluding ortho intramolecular Hbond substituents is 1. The van der Waals surface area contributed by atoms with Crippen LogP contribution in [0.2, 0.25) is 5.02 Å². The highest BCUT2D eigenvalue weighted by Gasteiger charge is 2.13. The number of phenols is 1. The molecule has 0 unspecified atom stereocenters. The van der Waals surface area contributed by atoms with Crippen molar-refractivity contribution < 1.29 is 19.1 Å². The number of nitrogens with zero attached hydrogens (tertiary/aromatic N) is 1. The van der Waals surface area contributed by atoms with E-state index in [9.17, 15) is 19.1 Å². The third-order valence-electron chi connectivity index (χ3n) is 5.18. The molecule has 0 aliphatic rings. The van der Waals surface area contributed by atoms with Gasteiger partial charge >= 0.3 is 0 Å². The maximum Gasteiger partial charge on any atom is 0.271 e. The van der Waals surface area contributed by atoms with Crippen molar-refractivity contribution in [3.8, 4) is 5.75 Å². The first-order valence-electron chi connectivity index (χ1n) is 10.3. The fourth-order valence-electron chi connectivity index (χ4n) is 3.42. The van der Waals surface area contributed by atoms with Crippen molar-refractivity contribution in [3.05, 3.63) is 112 Å². The van der Waals surface area contributed by atoms with Gasteiger partial charge in [0.15, 0.2) is 0 Å². The Morgan fingerprint density at radius 3 is 2.44 bits per heavy atom. The molecule has 0 radical (unpaired) electrons. The van der Waals surface area contributed by atoms with Gasteiger partial charge in [-0.2, -0.15) is 5.10 Å². The van der Waals surface area contributed by atoms with Gasteiger partial charge in [0.2, 0.25) is 0 Å². The zero-order chi connectivity index (χ0) is 24.1. The van der Waals surface area contributed by atoms with E-state index in [0.29, 0.717) is 22.1 Å². The molecule has 0 aliphatic heterocycles. The van der Waals surface area contributed by atoms with Crippen molar-refractivity contribution in [1.29, 1.82) is 0 Å². The van der Waals surface area contributed by atoms with Gasteiger partial charge in [0.1, 0.15) is 11.6 Å². The summed E-state index contributed by atoms with van der Waals surface area (Å²) in [6.45, 7) is 0.0658. The first-order valence-corrected chi connectivity index (χ1v) is 10.7. The molecule has 0 heterocycles. The Kier molecular flexibility index (Phi) is 6.85. The quantitative estimate of drug-likeness (QED) is 0.270. The van der Waals surface area contributed by atoms with E-state index in [1.54, 1.807) is 30.3 Å². The Morgan fingerprint density at radius 2 is 1.68 bits per heavy atom. The van der Waals surface area contributed by atoms with Crippen LogP contribution in [-0.4, -0.2) is 23.1 Å². The van der Waals surface area contributed by atoms with E-state index in [0.717, 1.165) is 5.39 Å². The number of fused-ring (bicyclic) bond motifs is 1. The lowest BCUT2D eigenvalue weighted by Gasteiger charge is -2.10. The van der Waals surface area contributed by atoms with Gasteiger partial charge in [0.25, 0.3) is 11.8 Å². The van der Waals surface area contributed by atoms with E-state index in [4.69, 9.17) is 11.6 Å². The molecular formula is C26H19ClFN3O3. The number of nitrogens with one attached hydrogen (secondary N) is 2. The molecule has 6 nitrogen and oxygen atoms in total. The maximum absolute atomic E-state index is 13.9. The maximum atomic E-state index is 13.9. The van der Waals surface area contributed by atoms with Crippen LogP contribution in [0.25, 0.3) is 10.8 Å². The van der Waals surface area contributed by atoms with Crippen molar-refractivity contribution >= 4 is 40.4 Å². The standard InChI is InChI=1S/C26H19ClFN3O3/c27-22-13-16(10-12-24(22)32)25(33)31-30-15-17-9-11-21(20-7-3-2-6-19(17)20)26(34)29-14-18-5-1-4-8-23(18)28/h1-13,15,32H,14H2,(H,29,34)(H,31,33).